The summed E-state index contributed by atoms with van der Waals surface area (Å²) >= 11 is 11.5. The molecule has 1 aliphatic heterocycles. The topological polar surface area (TPSA) is 97.0 Å². The highest BCUT2D eigenvalue weighted by Gasteiger charge is 2.39. The molecule has 38 heavy (non-hydrogen) atoms. The van der Waals surface area contributed by atoms with E-state index in [0.29, 0.717) is 0 Å². The number of hydrogen-bond donors (Lipinski definition) is 2. The predicted octanol–water partition coefficient (Wildman–Crippen LogP) is 4.39. The van der Waals surface area contributed by atoms with Crippen LogP contribution in [0.5, 0.6) is 11.5 Å². The minimum absolute atomic E-state index is 0.00890. The van der Waals surface area contributed by atoms with Gasteiger partial charge in [-0.2, -0.15) is 13.2 Å². The van der Waals surface area contributed by atoms with Crippen molar-refractivity contribution in [3.05, 3.63) is 64.5 Å². The Morgan fingerprint density at radius 3 is 2.58 bits per heavy atom. The normalized spacial score (nSPS) is 14.7. The van der Waals surface area contributed by atoms with Crippen molar-refractivity contribution in [3.8, 4) is 11.5 Å². The molecule has 2 N–H and O–H groups in total. The molecule has 3 rings (SSSR count). The van der Waals surface area contributed by atoms with Gasteiger partial charge in [0.05, 0.1) is 17.3 Å². The molecule has 1 atom stereocenters. The predicted molar refractivity (Wildman–Crippen MR) is 131 cm³/mol. The molecule has 0 saturated heterocycles. The van der Waals surface area contributed by atoms with E-state index in [0.717, 1.165) is 11.0 Å². The summed E-state index contributed by atoms with van der Waals surface area (Å²) in [6.45, 7) is 2.76. The average Bonchev–Trinajstić information content (AvgIpc) is 2.82. The third-order valence-electron chi connectivity index (χ3n) is 5.08. The molecule has 0 fully saturated rings. The first-order chi connectivity index (χ1) is 17.8. The van der Waals surface area contributed by atoms with E-state index >= 15 is 0 Å². The lowest BCUT2D eigenvalue weighted by Gasteiger charge is -2.34. The Morgan fingerprint density at radius 1 is 1.16 bits per heavy atom. The number of carbonyl (C=O) groups excluding carboxylic acids is 3. The number of benzene rings is 2. The van der Waals surface area contributed by atoms with Crippen LogP contribution in [-0.4, -0.2) is 49.7 Å². The quantitative estimate of drug-likeness (QED) is 0.431. The van der Waals surface area contributed by atoms with Crippen LogP contribution in [0.2, 0.25) is 10.0 Å². The highest BCUT2D eigenvalue weighted by molar-refractivity contribution is 6.31. The minimum atomic E-state index is -4.74. The zero-order valence-electron chi connectivity index (χ0n) is 19.5. The number of fused-ring (bicyclic) bond motifs is 1. The number of ether oxygens (including phenoxy) is 2. The van der Waals surface area contributed by atoms with Gasteiger partial charge >= 0.3 is 6.18 Å². The van der Waals surface area contributed by atoms with E-state index in [9.17, 15) is 31.9 Å². The number of nitrogens with one attached hydrogen (secondary N) is 2. The van der Waals surface area contributed by atoms with Crippen LogP contribution in [0.3, 0.4) is 0 Å². The van der Waals surface area contributed by atoms with Gasteiger partial charge in [0.25, 0.3) is 11.8 Å². The molecule has 1 aliphatic rings. The van der Waals surface area contributed by atoms with Gasteiger partial charge in [0, 0.05) is 29.8 Å². The summed E-state index contributed by atoms with van der Waals surface area (Å²) in [5, 5.41) is 5.07. The van der Waals surface area contributed by atoms with Crippen LogP contribution >= 0.6 is 23.2 Å². The number of halogens is 6. The van der Waals surface area contributed by atoms with Crippen molar-refractivity contribution in [2.24, 2.45) is 0 Å². The number of hydrogen-bond acceptors (Lipinski definition) is 5. The summed E-state index contributed by atoms with van der Waals surface area (Å²) in [4.78, 5) is 37.8. The molecule has 1 unspecified atom stereocenters. The first kappa shape index (κ1) is 29.1. The first-order valence-electron chi connectivity index (χ1n) is 11.0. The van der Waals surface area contributed by atoms with E-state index in [1.807, 2.05) is 0 Å². The standard InChI is InChI=1S/C24H21Cl2F4N3O5/c1-13(32-21(34)12-37-15-3-4-16(26)17(27)9-15)6-7-31-23(36)20-11-33(22(35)10-24(28,29)30)18-8-14(25)2-5-19(18)38-20/h2-5,8-9,20H,1,6-7,10-12H2,(H,31,36)(H,32,34). The monoisotopic (exact) mass is 577 g/mol. The fourth-order valence-electron chi connectivity index (χ4n) is 3.36. The van der Waals surface area contributed by atoms with E-state index in [1.54, 1.807) is 0 Å². The fraction of sp³-hybridized carbons (Fsp3) is 0.292. The number of carbonyl (C=O) groups is 3. The number of nitrogens with zero attached hydrogens (tertiary/aromatic N) is 1. The van der Waals surface area contributed by atoms with Crippen molar-refractivity contribution >= 4 is 46.6 Å². The summed E-state index contributed by atoms with van der Waals surface area (Å²) < 4.78 is 62.6. The summed E-state index contributed by atoms with van der Waals surface area (Å²) in [6.07, 6.45) is -7.66. The van der Waals surface area contributed by atoms with Crippen LogP contribution in [0.1, 0.15) is 12.8 Å². The Balaban J connectivity index is 1.50. The smallest absolute Gasteiger partial charge is 0.397 e. The second kappa shape index (κ2) is 12.4. The highest BCUT2D eigenvalue weighted by Crippen LogP contribution is 2.37. The number of amides is 3. The summed E-state index contributed by atoms with van der Waals surface area (Å²) in [5.41, 5.74) is 0.253. The maximum atomic E-state index is 13.4. The third kappa shape index (κ3) is 8.25. The van der Waals surface area contributed by atoms with E-state index in [-0.39, 0.29) is 45.9 Å². The van der Waals surface area contributed by atoms with Crippen LogP contribution in [0.25, 0.3) is 0 Å². The largest absolute Gasteiger partial charge is 0.484 e. The van der Waals surface area contributed by atoms with E-state index in [1.165, 1.54) is 30.3 Å². The van der Waals surface area contributed by atoms with Gasteiger partial charge in [-0.05, 0) is 30.3 Å². The summed E-state index contributed by atoms with van der Waals surface area (Å²) in [6, 6.07) is 7.73. The molecule has 2 aromatic carbocycles. The molecule has 0 aliphatic carbocycles. The first-order valence-corrected chi connectivity index (χ1v) is 11.7. The lowest BCUT2D eigenvalue weighted by atomic mass is 10.1. The van der Waals surface area contributed by atoms with Gasteiger partial charge in [-0.15, -0.1) is 0 Å². The van der Waals surface area contributed by atoms with Gasteiger partial charge < -0.3 is 25.0 Å². The summed E-state index contributed by atoms with van der Waals surface area (Å²) in [5.74, 6) is -3.12. The lowest BCUT2D eigenvalue weighted by Crippen LogP contribution is -2.51. The Morgan fingerprint density at radius 2 is 1.89 bits per heavy atom. The van der Waals surface area contributed by atoms with Crippen LogP contribution in [-0.2, 0) is 14.4 Å². The van der Waals surface area contributed by atoms with Crippen LogP contribution in [0.15, 0.2) is 48.7 Å². The van der Waals surface area contributed by atoms with E-state index < -0.39 is 55.4 Å². The Labute approximate surface area is 224 Å². The van der Waals surface area contributed by atoms with E-state index in [2.05, 4.69) is 17.2 Å². The number of rotatable bonds is 9. The van der Waals surface area contributed by atoms with Crippen molar-refractivity contribution in [2.45, 2.75) is 25.1 Å². The molecule has 2 aromatic rings. The molecule has 0 spiro atoms. The second-order valence-corrected chi connectivity index (χ2v) is 8.92. The van der Waals surface area contributed by atoms with Crippen molar-refractivity contribution < 1.29 is 41.4 Å². The molecule has 1 heterocycles. The van der Waals surface area contributed by atoms with Gasteiger partial charge in [0.2, 0.25) is 5.91 Å². The van der Waals surface area contributed by atoms with Gasteiger partial charge in [0.15, 0.2) is 12.7 Å². The Bertz CT molecular complexity index is 1240. The third-order valence-corrected chi connectivity index (χ3v) is 5.62. The number of anilines is 1. The van der Waals surface area contributed by atoms with Gasteiger partial charge in [-0.1, -0.05) is 29.8 Å². The molecule has 204 valence electrons. The van der Waals surface area contributed by atoms with Crippen molar-refractivity contribution in [3.63, 3.8) is 0 Å². The fourth-order valence-corrected chi connectivity index (χ4v) is 3.64. The zero-order valence-corrected chi connectivity index (χ0v) is 21.1. The van der Waals surface area contributed by atoms with Crippen LogP contribution in [0.4, 0.5) is 23.2 Å². The van der Waals surface area contributed by atoms with Gasteiger partial charge in [0.1, 0.15) is 23.7 Å². The minimum Gasteiger partial charge on any atom is -0.484 e. The second-order valence-electron chi connectivity index (χ2n) is 8.07. The molecule has 0 saturated carbocycles. The maximum absolute atomic E-state index is 13.4. The molecular formula is C24H21Cl2F4N3O5. The number of alkyl halides is 3. The van der Waals surface area contributed by atoms with Gasteiger partial charge in [-0.25, -0.2) is 4.39 Å². The van der Waals surface area contributed by atoms with E-state index in [4.69, 9.17) is 32.7 Å². The molecule has 14 heteroatoms. The average molecular weight is 578 g/mol. The van der Waals surface area contributed by atoms with Crippen LogP contribution in [0, 0.1) is 5.82 Å². The SMILES string of the molecule is C=C(CCNC(=O)C1CN(C(=O)CC(F)(F)F)c2cc(Cl)ccc2O1)NC(=O)COc1ccc(Cl)c(F)c1. The highest BCUT2D eigenvalue weighted by atomic mass is 35.5. The van der Waals surface area contributed by atoms with Crippen molar-refractivity contribution in [2.75, 3.05) is 24.6 Å². The molecule has 0 radical (unpaired) electrons. The molecule has 0 aromatic heterocycles. The molecule has 8 nitrogen and oxygen atoms in total. The summed E-state index contributed by atoms with van der Waals surface area (Å²) in [7, 11) is 0. The lowest BCUT2D eigenvalue weighted by molar-refractivity contribution is -0.152. The van der Waals surface area contributed by atoms with Gasteiger partial charge in [-0.3, -0.25) is 14.4 Å². The van der Waals surface area contributed by atoms with Crippen molar-refractivity contribution in [1.29, 1.82) is 0 Å². The van der Waals surface area contributed by atoms with Crippen LogP contribution < -0.4 is 25.0 Å². The Kier molecular flexibility index (Phi) is 9.45. The molecular weight excluding hydrogens is 557 g/mol. The molecule has 3 amide bonds. The zero-order chi connectivity index (χ0) is 28.0. The van der Waals surface area contributed by atoms with Crippen molar-refractivity contribution in [1.82, 2.24) is 10.6 Å². The maximum Gasteiger partial charge on any atom is 0.397 e. The molecule has 0 bridgehead atoms. The Hall–Kier alpha value is -3.51.